The van der Waals surface area contributed by atoms with Gasteiger partial charge in [0.2, 0.25) is 5.95 Å². The zero-order chi connectivity index (χ0) is 21.3. The average molecular weight is 404 g/mol. The number of hydrogen-bond donors (Lipinski definition) is 1. The number of aromatic nitrogens is 7. The molecule has 0 aliphatic rings. The number of rotatable bonds is 6. The van der Waals surface area contributed by atoms with Crippen LogP contribution in [0.2, 0.25) is 0 Å². The molecule has 1 atom stereocenters. The Hall–Kier alpha value is -3.62. The second-order valence-corrected chi connectivity index (χ2v) is 7.63. The summed E-state index contributed by atoms with van der Waals surface area (Å²) in [7, 11) is 0. The van der Waals surface area contributed by atoms with E-state index in [9.17, 15) is 0 Å². The van der Waals surface area contributed by atoms with E-state index in [1.165, 1.54) is 0 Å². The van der Waals surface area contributed by atoms with Crippen LogP contribution in [0.1, 0.15) is 39.1 Å². The zero-order valence-corrected chi connectivity index (χ0v) is 17.4. The van der Waals surface area contributed by atoms with Crippen molar-refractivity contribution in [2.75, 3.05) is 5.73 Å². The monoisotopic (exact) mass is 404 g/mol. The molecule has 9 heteroatoms. The minimum absolute atomic E-state index is 0.203. The Morgan fingerprint density at radius 3 is 2.43 bits per heavy atom. The number of nitrogens with zero attached hydrogens (tertiary/aromatic N) is 7. The molecule has 9 nitrogen and oxygen atoms in total. The normalized spacial score (nSPS) is 13.5. The van der Waals surface area contributed by atoms with Gasteiger partial charge in [-0.15, -0.1) is 0 Å². The zero-order valence-electron chi connectivity index (χ0n) is 17.4. The number of nitrogen functional groups attached to an aromatic ring is 1. The second-order valence-electron chi connectivity index (χ2n) is 7.63. The van der Waals surface area contributed by atoms with Crippen molar-refractivity contribution in [1.29, 1.82) is 0 Å². The Kier molecular flexibility index (Phi) is 5.03. The van der Waals surface area contributed by atoms with Gasteiger partial charge in [-0.1, -0.05) is 25.1 Å². The highest BCUT2D eigenvalue weighted by Gasteiger charge is 2.38. The van der Waals surface area contributed by atoms with E-state index in [-0.39, 0.29) is 11.9 Å². The molecule has 0 amide bonds. The van der Waals surface area contributed by atoms with E-state index in [1.807, 2.05) is 36.1 Å². The van der Waals surface area contributed by atoms with Gasteiger partial charge in [-0.2, -0.15) is 10.1 Å². The number of aryl methyl sites for hydroxylation is 1. The third kappa shape index (κ3) is 3.42. The smallest absolute Gasteiger partial charge is 0.261 e. The first kappa shape index (κ1) is 19.7. The van der Waals surface area contributed by atoms with Crippen LogP contribution in [0.4, 0.5) is 5.95 Å². The molecule has 154 valence electrons. The van der Waals surface area contributed by atoms with E-state index in [0.717, 1.165) is 28.9 Å². The molecule has 0 radical (unpaired) electrons. The molecule has 0 fully saturated rings. The third-order valence-corrected chi connectivity index (χ3v) is 5.58. The predicted octanol–water partition coefficient (Wildman–Crippen LogP) is 3.35. The molecule has 0 unspecified atom stereocenters. The highest BCUT2D eigenvalue weighted by Crippen LogP contribution is 2.38. The molecule has 4 aromatic heterocycles. The van der Waals surface area contributed by atoms with Crippen LogP contribution in [0.15, 0.2) is 47.6 Å². The van der Waals surface area contributed by atoms with Crippen molar-refractivity contribution >= 4 is 5.95 Å². The molecule has 0 saturated carbocycles. The first-order valence-corrected chi connectivity index (χ1v) is 9.83. The van der Waals surface area contributed by atoms with Crippen molar-refractivity contribution in [3.8, 4) is 22.7 Å². The fourth-order valence-electron chi connectivity index (χ4n) is 3.26. The summed E-state index contributed by atoms with van der Waals surface area (Å²) in [5.74, 6) is 1.51. The maximum absolute atomic E-state index is 5.57. The second kappa shape index (κ2) is 7.66. The highest BCUT2D eigenvalue weighted by atomic mass is 16.5. The lowest BCUT2D eigenvalue weighted by Crippen LogP contribution is -2.31. The van der Waals surface area contributed by atoms with E-state index < -0.39 is 5.41 Å². The summed E-state index contributed by atoms with van der Waals surface area (Å²) < 4.78 is 7.39. The topological polar surface area (TPSA) is 121 Å². The molecular formula is C21H24N8O. The molecular weight excluding hydrogens is 380 g/mol. The fourth-order valence-corrected chi connectivity index (χ4v) is 3.26. The standard InChI is InChI=1S/C21H24N8O/c1-5-29-12-15(10-26-29)18-27-19(28-30-18)21(4,13(2)3)16-6-7-17(23-11-16)14-8-24-20(22)25-9-14/h6-13H,5H2,1-4H3,(H2,22,24,25)/t21-/m1/s1. The van der Waals surface area contributed by atoms with E-state index in [4.69, 9.17) is 15.2 Å². The Morgan fingerprint density at radius 2 is 1.83 bits per heavy atom. The summed E-state index contributed by atoms with van der Waals surface area (Å²) >= 11 is 0. The van der Waals surface area contributed by atoms with Crippen LogP contribution in [0, 0.1) is 5.92 Å². The van der Waals surface area contributed by atoms with Gasteiger partial charge in [0.05, 0.1) is 22.9 Å². The first-order chi connectivity index (χ1) is 14.4. The molecule has 2 N–H and O–H groups in total. The van der Waals surface area contributed by atoms with Crippen molar-refractivity contribution in [1.82, 2.24) is 34.9 Å². The van der Waals surface area contributed by atoms with Crippen LogP contribution in [0.5, 0.6) is 0 Å². The Bertz CT molecular complexity index is 1130. The lowest BCUT2D eigenvalue weighted by Gasteiger charge is -2.30. The lowest BCUT2D eigenvalue weighted by molar-refractivity contribution is 0.350. The number of pyridine rings is 1. The van der Waals surface area contributed by atoms with Crippen molar-refractivity contribution in [3.05, 3.63) is 54.5 Å². The van der Waals surface area contributed by atoms with E-state index in [1.54, 1.807) is 18.6 Å². The Morgan fingerprint density at radius 1 is 1.07 bits per heavy atom. The SMILES string of the molecule is CCn1cc(-c2nc([C@@](C)(c3ccc(-c4cnc(N)nc4)nc3)C(C)C)no2)cn1. The predicted molar refractivity (Wildman–Crippen MR) is 112 cm³/mol. The Balaban J connectivity index is 1.68. The van der Waals surface area contributed by atoms with Gasteiger partial charge in [-0.3, -0.25) is 9.67 Å². The number of nitrogens with two attached hydrogens (primary N) is 1. The van der Waals surface area contributed by atoms with Gasteiger partial charge in [0.1, 0.15) is 0 Å². The molecule has 30 heavy (non-hydrogen) atoms. The van der Waals surface area contributed by atoms with Crippen LogP contribution in [-0.2, 0) is 12.0 Å². The molecule has 0 aliphatic carbocycles. The van der Waals surface area contributed by atoms with Crippen LogP contribution in [0.3, 0.4) is 0 Å². The molecule has 0 saturated heterocycles. The van der Waals surface area contributed by atoms with Gasteiger partial charge in [0.15, 0.2) is 5.82 Å². The van der Waals surface area contributed by atoms with Crippen molar-refractivity contribution in [3.63, 3.8) is 0 Å². The van der Waals surface area contributed by atoms with Gasteiger partial charge in [0, 0.05) is 36.9 Å². The molecule has 0 aliphatic heterocycles. The fraction of sp³-hybridized carbons (Fsp3) is 0.333. The molecule has 0 bridgehead atoms. The van der Waals surface area contributed by atoms with Crippen LogP contribution in [-0.4, -0.2) is 34.9 Å². The average Bonchev–Trinajstić information content (AvgIpc) is 3.43. The van der Waals surface area contributed by atoms with E-state index in [0.29, 0.717) is 11.7 Å². The van der Waals surface area contributed by atoms with E-state index >= 15 is 0 Å². The van der Waals surface area contributed by atoms with Gasteiger partial charge in [0.25, 0.3) is 5.89 Å². The molecule has 4 aromatic rings. The van der Waals surface area contributed by atoms with Crippen molar-refractivity contribution in [2.24, 2.45) is 5.92 Å². The molecule has 4 heterocycles. The van der Waals surface area contributed by atoms with Crippen LogP contribution in [0.25, 0.3) is 22.7 Å². The summed E-state index contributed by atoms with van der Waals surface area (Å²) in [6, 6.07) is 3.97. The lowest BCUT2D eigenvalue weighted by atomic mass is 9.73. The first-order valence-electron chi connectivity index (χ1n) is 9.83. The number of hydrogen-bond acceptors (Lipinski definition) is 8. The van der Waals surface area contributed by atoms with E-state index in [2.05, 4.69) is 46.0 Å². The summed E-state index contributed by atoms with van der Waals surface area (Å²) in [6.07, 6.45) is 8.80. The Labute approximate surface area is 174 Å². The third-order valence-electron chi connectivity index (χ3n) is 5.58. The van der Waals surface area contributed by atoms with Gasteiger partial charge in [-0.25, -0.2) is 9.97 Å². The van der Waals surface area contributed by atoms with Crippen molar-refractivity contribution < 1.29 is 4.52 Å². The molecule has 4 rings (SSSR count). The van der Waals surface area contributed by atoms with Crippen LogP contribution >= 0.6 is 0 Å². The maximum atomic E-state index is 5.57. The van der Waals surface area contributed by atoms with Crippen molar-refractivity contribution in [2.45, 2.75) is 39.7 Å². The number of anilines is 1. The van der Waals surface area contributed by atoms with Crippen LogP contribution < -0.4 is 5.73 Å². The summed E-state index contributed by atoms with van der Waals surface area (Å²) in [4.78, 5) is 17.4. The summed E-state index contributed by atoms with van der Waals surface area (Å²) in [5, 5.41) is 8.58. The van der Waals surface area contributed by atoms with Gasteiger partial charge >= 0.3 is 0 Å². The largest absolute Gasteiger partial charge is 0.368 e. The quantitative estimate of drug-likeness (QED) is 0.519. The summed E-state index contributed by atoms with van der Waals surface area (Å²) in [5.41, 5.74) is 8.46. The summed E-state index contributed by atoms with van der Waals surface area (Å²) in [6.45, 7) is 9.17. The van der Waals surface area contributed by atoms with Gasteiger partial charge < -0.3 is 10.3 Å². The highest BCUT2D eigenvalue weighted by molar-refractivity contribution is 5.58. The molecule has 0 aromatic carbocycles. The minimum atomic E-state index is -0.481. The maximum Gasteiger partial charge on any atom is 0.261 e. The molecule has 0 spiro atoms. The minimum Gasteiger partial charge on any atom is -0.368 e. The van der Waals surface area contributed by atoms with Gasteiger partial charge in [-0.05, 0) is 31.4 Å².